The number of nitrogens with one attached hydrogen (secondary N) is 1. The van der Waals surface area contributed by atoms with Crippen molar-refractivity contribution in [1.29, 1.82) is 0 Å². The highest BCUT2D eigenvalue weighted by Gasteiger charge is 2.18. The summed E-state index contributed by atoms with van der Waals surface area (Å²) in [4.78, 5) is 25.1. The second-order valence-electron chi connectivity index (χ2n) is 8.06. The first-order valence-corrected chi connectivity index (χ1v) is 10.6. The van der Waals surface area contributed by atoms with E-state index in [2.05, 4.69) is 5.32 Å². The van der Waals surface area contributed by atoms with Gasteiger partial charge in [0.25, 0.3) is 0 Å². The Morgan fingerprint density at radius 3 is 2.53 bits per heavy atom. The molecule has 32 heavy (non-hydrogen) atoms. The lowest BCUT2D eigenvalue weighted by Crippen LogP contribution is -2.31. The Balaban J connectivity index is 1.76. The molecular weight excluding hydrogens is 406 g/mol. The molecule has 0 fully saturated rings. The summed E-state index contributed by atoms with van der Waals surface area (Å²) in [5.74, 6) is 0.297. The van der Waals surface area contributed by atoms with E-state index >= 15 is 0 Å². The third-order valence-electron chi connectivity index (χ3n) is 5.40. The number of amides is 1. The highest BCUT2D eigenvalue weighted by Crippen LogP contribution is 2.29. The number of hydrogen-bond acceptors (Lipinski definition) is 5. The minimum atomic E-state index is -0.818. The molecule has 0 spiro atoms. The maximum absolute atomic E-state index is 12.7. The molecule has 0 unspecified atom stereocenters. The topological polar surface area (TPSA) is 88.8 Å². The Bertz CT molecular complexity index is 1190. The van der Waals surface area contributed by atoms with Crippen molar-refractivity contribution < 1.29 is 19.1 Å². The standard InChI is InChI=1S/C26H29NO5/c1-16(2)12-13-31-23-11-10-20-17(3)21(26(30)32-25(20)18(23)4)14-24(29)27-15-22(28)19-8-6-5-7-9-19/h5-12,22,28H,13-15H2,1-4H3,(H,27,29)/t22-/m0/s1. The van der Waals surface area contributed by atoms with Gasteiger partial charge in [-0.3, -0.25) is 4.79 Å². The molecule has 0 saturated carbocycles. The van der Waals surface area contributed by atoms with E-state index in [4.69, 9.17) is 9.15 Å². The highest BCUT2D eigenvalue weighted by molar-refractivity contribution is 5.87. The van der Waals surface area contributed by atoms with Crippen LogP contribution in [0.15, 0.2) is 63.3 Å². The summed E-state index contributed by atoms with van der Waals surface area (Å²) in [6, 6.07) is 12.8. The van der Waals surface area contributed by atoms with Crippen LogP contribution in [0.4, 0.5) is 0 Å². The minimum absolute atomic E-state index is 0.0618. The zero-order valence-electron chi connectivity index (χ0n) is 18.9. The number of fused-ring (bicyclic) bond motifs is 1. The van der Waals surface area contributed by atoms with Gasteiger partial charge >= 0.3 is 5.63 Å². The van der Waals surface area contributed by atoms with Crippen molar-refractivity contribution in [2.75, 3.05) is 13.2 Å². The molecule has 2 N–H and O–H groups in total. The van der Waals surface area contributed by atoms with Gasteiger partial charge in [0.2, 0.25) is 5.91 Å². The Morgan fingerprint density at radius 1 is 1.12 bits per heavy atom. The van der Waals surface area contributed by atoms with Gasteiger partial charge in [-0.2, -0.15) is 0 Å². The molecule has 2 aromatic carbocycles. The zero-order valence-corrected chi connectivity index (χ0v) is 18.9. The molecule has 0 aliphatic carbocycles. The maximum Gasteiger partial charge on any atom is 0.340 e. The summed E-state index contributed by atoms with van der Waals surface area (Å²) in [5.41, 5.74) is 3.55. The van der Waals surface area contributed by atoms with Crippen LogP contribution in [0.3, 0.4) is 0 Å². The van der Waals surface area contributed by atoms with Crippen molar-refractivity contribution in [2.45, 2.75) is 40.2 Å². The van der Waals surface area contributed by atoms with Gasteiger partial charge in [-0.15, -0.1) is 0 Å². The fourth-order valence-corrected chi connectivity index (χ4v) is 3.46. The van der Waals surface area contributed by atoms with Crippen LogP contribution < -0.4 is 15.7 Å². The summed E-state index contributed by atoms with van der Waals surface area (Å²) < 4.78 is 11.4. The van der Waals surface area contributed by atoms with Gasteiger partial charge in [0.15, 0.2) is 0 Å². The smallest absolute Gasteiger partial charge is 0.340 e. The number of aliphatic hydroxyl groups is 1. The number of rotatable bonds is 8. The second-order valence-corrected chi connectivity index (χ2v) is 8.06. The maximum atomic E-state index is 12.7. The molecule has 0 aliphatic heterocycles. The Morgan fingerprint density at radius 2 is 1.84 bits per heavy atom. The van der Waals surface area contributed by atoms with Gasteiger partial charge in [0.05, 0.1) is 18.1 Å². The minimum Gasteiger partial charge on any atom is -0.489 e. The molecule has 0 aliphatic rings. The first-order valence-electron chi connectivity index (χ1n) is 10.6. The SMILES string of the molecule is CC(C)=CCOc1ccc2c(C)c(CC(=O)NC[C@H](O)c3ccccc3)c(=O)oc2c1C. The fraction of sp³-hybridized carbons (Fsp3) is 0.308. The number of carbonyl (C=O) groups excluding carboxylic acids is 1. The van der Waals surface area contributed by atoms with Gasteiger partial charge in [-0.1, -0.05) is 35.9 Å². The first-order chi connectivity index (χ1) is 15.3. The van der Waals surface area contributed by atoms with Crippen molar-refractivity contribution in [3.8, 4) is 5.75 Å². The van der Waals surface area contributed by atoms with Gasteiger partial charge in [-0.05, 0) is 57.0 Å². The van der Waals surface area contributed by atoms with Crippen molar-refractivity contribution in [2.24, 2.45) is 0 Å². The molecule has 6 nitrogen and oxygen atoms in total. The van der Waals surface area contributed by atoms with Crippen LogP contribution in [0.25, 0.3) is 11.0 Å². The predicted octanol–water partition coefficient (Wildman–Crippen LogP) is 4.15. The first kappa shape index (κ1) is 23.3. The second kappa shape index (κ2) is 10.3. The molecule has 1 aromatic heterocycles. The average molecular weight is 436 g/mol. The number of aryl methyl sites for hydroxylation is 2. The van der Waals surface area contributed by atoms with E-state index in [1.54, 1.807) is 12.1 Å². The summed E-state index contributed by atoms with van der Waals surface area (Å²) in [5, 5.41) is 13.7. The number of aliphatic hydroxyl groups excluding tert-OH is 1. The van der Waals surface area contributed by atoms with Crippen LogP contribution in [0.2, 0.25) is 0 Å². The summed E-state index contributed by atoms with van der Waals surface area (Å²) >= 11 is 0. The summed E-state index contributed by atoms with van der Waals surface area (Å²) in [6.07, 6.45) is 1.03. The van der Waals surface area contributed by atoms with E-state index in [1.165, 1.54) is 0 Å². The molecular formula is C26H29NO5. The largest absolute Gasteiger partial charge is 0.489 e. The Kier molecular flexibility index (Phi) is 7.49. The van der Waals surface area contributed by atoms with Gasteiger partial charge in [0, 0.05) is 17.5 Å². The molecule has 3 rings (SSSR count). The lowest BCUT2D eigenvalue weighted by atomic mass is 10.0. The fourth-order valence-electron chi connectivity index (χ4n) is 3.46. The van der Waals surface area contributed by atoms with Crippen LogP contribution in [-0.4, -0.2) is 24.2 Å². The number of allylic oxidation sites excluding steroid dienone is 1. The molecule has 3 aromatic rings. The number of hydrogen-bond donors (Lipinski definition) is 2. The van der Waals surface area contributed by atoms with Crippen molar-refractivity contribution in [3.63, 3.8) is 0 Å². The van der Waals surface area contributed by atoms with Gasteiger partial charge in [0.1, 0.15) is 17.9 Å². The molecule has 0 radical (unpaired) electrons. The van der Waals surface area contributed by atoms with Crippen LogP contribution in [0.5, 0.6) is 5.75 Å². The van der Waals surface area contributed by atoms with Gasteiger partial charge in [-0.25, -0.2) is 4.79 Å². The van der Waals surface area contributed by atoms with E-state index in [0.29, 0.717) is 34.6 Å². The Hall–Kier alpha value is -3.38. The number of benzene rings is 2. The van der Waals surface area contributed by atoms with Crippen LogP contribution in [-0.2, 0) is 11.2 Å². The number of carbonyl (C=O) groups is 1. The quantitative estimate of drug-likeness (QED) is 0.410. The van der Waals surface area contributed by atoms with E-state index in [9.17, 15) is 14.7 Å². The van der Waals surface area contributed by atoms with E-state index in [1.807, 2.05) is 64.1 Å². The molecule has 0 bridgehead atoms. The molecule has 1 heterocycles. The molecule has 1 amide bonds. The van der Waals surface area contributed by atoms with Crippen molar-refractivity contribution in [1.82, 2.24) is 5.32 Å². The summed E-state index contributed by atoms with van der Waals surface area (Å²) in [6.45, 7) is 8.15. The zero-order chi connectivity index (χ0) is 23.3. The van der Waals surface area contributed by atoms with Crippen LogP contribution >= 0.6 is 0 Å². The van der Waals surface area contributed by atoms with Crippen LogP contribution in [0, 0.1) is 13.8 Å². The lowest BCUT2D eigenvalue weighted by molar-refractivity contribution is -0.120. The van der Waals surface area contributed by atoms with Gasteiger partial charge < -0.3 is 19.6 Å². The number of ether oxygens (including phenoxy) is 1. The monoisotopic (exact) mass is 435 g/mol. The normalized spacial score (nSPS) is 11.8. The molecule has 168 valence electrons. The van der Waals surface area contributed by atoms with Crippen molar-refractivity contribution in [3.05, 3.63) is 86.8 Å². The molecule has 1 atom stereocenters. The summed E-state index contributed by atoms with van der Waals surface area (Å²) in [7, 11) is 0. The average Bonchev–Trinajstić information content (AvgIpc) is 2.77. The van der Waals surface area contributed by atoms with E-state index < -0.39 is 11.7 Å². The van der Waals surface area contributed by atoms with E-state index in [-0.39, 0.29) is 18.9 Å². The third-order valence-corrected chi connectivity index (χ3v) is 5.40. The van der Waals surface area contributed by atoms with Crippen molar-refractivity contribution >= 4 is 16.9 Å². The lowest BCUT2D eigenvalue weighted by Gasteiger charge is -2.14. The molecule has 0 saturated heterocycles. The van der Waals surface area contributed by atoms with E-state index in [0.717, 1.165) is 16.5 Å². The predicted molar refractivity (Wildman–Crippen MR) is 125 cm³/mol. The van der Waals surface area contributed by atoms with Crippen LogP contribution in [0.1, 0.15) is 42.2 Å². The highest BCUT2D eigenvalue weighted by atomic mass is 16.5. The molecule has 6 heteroatoms. The third kappa shape index (κ3) is 5.45. The Labute approximate surface area is 187 Å².